The van der Waals surface area contributed by atoms with E-state index in [9.17, 15) is 10.1 Å². The van der Waals surface area contributed by atoms with E-state index in [1.54, 1.807) is 12.1 Å². The maximum absolute atomic E-state index is 11.1. The van der Waals surface area contributed by atoms with Crippen LogP contribution in [0.3, 0.4) is 0 Å². The molecule has 1 heterocycles. The van der Waals surface area contributed by atoms with Crippen LogP contribution in [0, 0.1) is 17.0 Å². The highest BCUT2D eigenvalue weighted by molar-refractivity contribution is 6.32. The highest BCUT2D eigenvalue weighted by Gasteiger charge is 2.14. The topological polar surface area (TPSA) is 98.9 Å². The second-order valence-electron chi connectivity index (χ2n) is 6.54. The molecule has 160 valence electrons. The van der Waals surface area contributed by atoms with Gasteiger partial charge >= 0.3 is 5.69 Å². The second-order valence-corrected chi connectivity index (χ2v) is 6.94. The Morgan fingerprint density at radius 3 is 2.71 bits per heavy atom. The molecular weight excluding hydrogens is 420 g/mol. The lowest BCUT2D eigenvalue weighted by Gasteiger charge is -2.14. The van der Waals surface area contributed by atoms with Crippen LogP contribution in [0.4, 0.5) is 11.5 Å². The number of hydrogen-bond acceptors (Lipinski definition) is 7. The minimum absolute atomic E-state index is 0.0397. The maximum Gasteiger partial charge on any atom is 0.313 e. The summed E-state index contributed by atoms with van der Waals surface area (Å²) in [4.78, 5) is 14.5. The molecule has 0 radical (unpaired) electrons. The van der Waals surface area contributed by atoms with Gasteiger partial charge in [-0.15, -0.1) is 0 Å². The molecule has 9 heteroatoms. The average Bonchev–Trinajstić information content (AvgIpc) is 2.75. The Bertz CT molecular complexity index is 1090. The zero-order valence-electron chi connectivity index (χ0n) is 17.0. The molecule has 0 saturated carbocycles. The summed E-state index contributed by atoms with van der Waals surface area (Å²) in [5, 5.41) is 15.5. The lowest BCUT2D eigenvalue weighted by Crippen LogP contribution is -2.02. The van der Waals surface area contributed by atoms with Gasteiger partial charge in [0.15, 0.2) is 11.5 Å². The van der Waals surface area contributed by atoms with E-state index in [4.69, 9.17) is 21.1 Å². The molecule has 31 heavy (non-hydrogen) atoms. The van der Waals surface area contributed by atoms with Crippen LogP contribution in [0.25, 0.3) is 0 Å². The van der Waals surface area contributed by atoms with Crippen LogP contribution in [0.1, 0.15) is 23.6 Å². The van der Waals surface area contributed by atoms with Gasteiger partial charge in [0.05, 0.1) is 22.8 Å². The monoisotopic (exact) mass is 440 g/mol. The molecule has 0 aliphatic heterocycles. The maximum atomic E-state index is 11.1. The number of anilines is 1. The highest BCUT2D eigenvalue weighted by atomic mass is 35.5. The van der Waals surface area contributed by atoms with Crippen LogP contribution >= 0.6 is 11.6 Å². The van der Waals surface area contributed by atoms with Gasteiger partial charge in [-0.05, 0) is 43.2 Å². The summed E-state index contributed by atoms with van der Waals surface area (Å²) >= 11 is 6.44. The molecule has 0 amide bonds. The first-order valence-corrected chi connectivity index (χ1v) is 9.89. The van der Waals surface area contributed by atoms with E-state index in [-0.39, 0.29) is 11.5 Å². The lowest BCUT2D eigenvalue weighted by molar-refractivity contribution is -0.384. The fourth-order valence-corrected chi connectivity index (χ4v) is 2.98. The summed E-state index contributed by atoms with van der Waals surface area (Å²) in [6.07, 6.45) is 2.91. The zero-order chi connectivity index (χ0) is 22.2. The third kappa shape index (κ3) is 5.93. The summed E-state index contributed by atoms with van der Waals surface area (Å²) < 4.78 is 11.6. The van der Waals surface area contributed by atoms with Crippen LogP contribution < -0.4 is 14.9 Å². The van der Waals surface area contributed by atoms with Crippen molar-refractivity contribution in [3.63, 3.8) is 0 Å². The molecule has 0 spiro atoms. The van der Waals surface area contributed by atoms with Gasteiger partial charge in [-0.1, -0.05) is 41.4 Å². The number of rotatable bonds is 9. The number of benzene rings is 2. The number of pyridine rings is 1. The molecule has 0 aliphatic rings. The van der Waals surface area contributed by atoms with E-state index in [0.717, 1.165) is 5.56 Å². The van der Waals surface area contributed by atoms with Gasteiger partial charge in [0.2, 0.25) is 5.82 Å². The van der Waals surface area contributed by atoms with Gasteiger partial charge in [-0.25, -0.2) is 4.98 Å². The molecule has 3 rings (SSSR count). The molecule has 3 aromatic rings. The van der Waals surface area contributed by atoms with Gasteiger partial charge in [0, 0.05) is 12.3 Å². The summed E-state index contributed by atoms with van der Waals surface area (Å²) in [5.41, 5.74) is 5.22. The van der Waals surface area contributed by atoms with Crippen molar-refractivity contribution in [1.82, 2.24) is 4.98 Å². The predicted octanol–water partition coefficient (Wildman–Crippen LogP) is 5.38. The summed E-state index contributed by atoms with van der Waals surface area (Å²) in [6, 6.07) is 14.3. The number of nitrogens with one attached hydrogen (secondary N) is 1. The minimum Gasteiger partial charge on any atom is -0.490 e. The Labute approximate surface area is 184 Å². The number of hydrazone groups is 1. The molecule has 0 fully saturated rings. The molecule has 1 aromatic heterocycles. The third-order valence-electron chi connectivity index (χ3n) is 4.20. The Morgan fingerprint density at radius 1 is 1.23 bits per heavy atom. The first-order chi connectivity index (χ1) is 15.0. The Balaban J connectivity index is 1.77. The number of hydrogen-bond donors (Lipinski definition) is 1. The standard InChI is InChI=1S/C22H21ClN4O4/c1-3-30-20-12-17(13-25-26-22-19(27(28)29)5-4-10-24-22)11-18(23)21(20)31-14-16-8-6-15(2)7-9-16/h4-13H,3,14H2,1-2H3,(H,24,26)/b25-13-. The SMILES string of the molecule is CCOc1cc(/C=N\Nc2ncccc2[N+](=O)[O-])cc(Cl)c1OCc1ccc(C)cc1. The molecule has 8 nitrogen and oxygen atoms in total. The van der Waals surface area contributed by atoms with Crippen LogP contribution in [0.5, 0.6) is 11.5 Å². The van der Waals surface area contributed by atoms with Crippen molar-refractivity contribution in [2.75, 3.05) is 12.0 Å². The molecular formula is C22H21ClN4O4. The van der Waals surface area contributed by atoms with Crippen molar-refractivity contribution < 1.29 is 14.4 Å². The van der Waals surface area contributed by atoms with Crippen LogP contribution in [-0.4, -0.2) is 22.7 Å². The predicted molar refractivity (Wildman–Crippen MR) is 120 cm³/mol. The van der Waals surface area contributed by atoms with Crippen molar-refractivity contribution in [2.45, 2.75) is 20.5 Å². The molecule has 0 unspecified atom stereocenters. The quantitative estimate of drug-likeness (QED) is 0.272. The summed E-state index contributed by atoms with van der Waals surface area (Å²) in [6.45, 7) is 4.66. The number of halogens is 1. The number of nitro groups is 1. The van der Waals surface area contributed by atoms with E-state index >= 15 is 0 Å². The third-order valence-corrected chi connectivity index (χ3v) is 4.48. The Hall–Kier alpha value is -3.65. The average molecular weight is 441 g/mol. The van der Waals surface area contributed by atoms with E-state index in [2.05, 4.69) is 15.5 Å². The van der Waals surface area contributed by atoms with Crippen molar-refractivity contribution in [3.8, 4) is 11.5 Å². The van der Waals surface area contributed by atoms with E-state index in [0.29, 0.717) is 35.3 Å². The van der Waals surface area contributed by atoms with Gasteiger partial charge in [-0.3, -0.25) is 15.5 Å². The Morgan fingerprint density at radius 2 is 2.00 bits per heavy atom. The first-order valence-electron chi connectivity index (χ1n) is 9.51. The molecule has 0 bridgehead atoms. The number of aromatic nitrogens is 1. The molecule has 2 aromatic carbocycles. The highest BCUT2D eigenvalue weighted by Crippen LogP contribution is 2.37. The van der Waals surface area contributed by atoms with Gasteiger partial charge in [0.1, 0.15) is 6.61 Å². The number of nitrogens with zero attached hydrogens (tertiary/aromatic N) is 3. The van der Waals surface area contributed by atoms with Gasteiger partial charge in [0.25, 0.3) is 0 Å². The molecule has 0 saturated heterocycles. The fraction of sp³-hybridized carbons (Fsp3) is 0.182. The molecule has 0 aliphatic carbocycles. The largest absolute Gasteiger partial charge is 0.490 e. The van der Waals surface area contributed by atoms with Crippen LogP contribution in [-0.2, 0) is 6.61 Å². The molecule has 0 atom stereocenters. The second kappa shape index (κ2) is 10.4. The minimum atomic E-state index is -0.533. The fourth-order valence-electron chi connectivity index (χ4n) is 2.70. The van der Waals surface area contributed by atoms with E-state index in [1.165, 1.54) is 30.1 Å². The van der Waals surface area contributed by atoms with Crippen molar-refractivity contribution in [3.05, 3.63) is 86.6 Å². The van der Waals surface area contributed by atoms with Gasteiger partial charge in [-0.2, -0.15) is 5.10 Å². The van der Waals surface area contributed by atoms with Crippen molar-refractivity contribution >= 4 is 29.3 Å². The first kappa shape index (κ1) is 22.0. The van der Waals surface area contributed by atoms with Crippen molar-refractivity contribution in [1.29, 1.82) is 0 Å². The number of aryl methyl sites for hydroxylation is 1. The lowest BCUT2D eigenvalue weighted by atomic mass is 10.1. The molecule has 1 N–H and O–H groups in total. The zero-order valence-corrected chi connectivity index (χ0v) is 17.8. The van der Waals surface area contributed by atoms with Crippen LogP contribution in [0.15, 0.2) is 59.8 Å². The summed E-state index contributed by atoms with van der Waals surface area (Å²) in [7, 11) is 0. The van der Waals surface area contributed by atoms with E-state index < -0.39 is 4.92 Å². The van der Waals surface area contributed by atoms with Crippen LogP contribution in [0.2, 0.25) is 5.02 Å². The van der Waals surface area contributed by atoms with E-state index in [1.807, 2.05) is 38.1 Å². The normalized spacial score (nSPS) is 10.8. The van der Waals surface area contributed by atoms with Gasteiger partial charge < -0.3 is 9.47 Å². The number of ether oxygens (including phenoxy) is 2. The smallest absolute Gasteiger partial charge is 0.313 e. The Kier molecular flexibility index (Phi) is 7.40. The van der Waals surface area contributed by atoms with Crippen molar-refractivity contribution in [2.24, 2.45) is 5.10 Å². The summed E-state index contributed by atoms with van der Waals surface area (Å²) in [5.74, 6) is 0.958.